The molecule has 2 aliphatic rings. The maximum Gasteiger partial charge on any atom is 0.288 e. The van der Waals surface area contributed by atoms with Gasteiger partial charge in [-0.15, -0.1) is 0 Å². The molecule has 2 heterocycles. The Kier molecular flexibility index (Phi) is 6.79. The number of likely N-dealkylation sites (tertiary alicyclic amines) is 1. The molecular formula is C18H26FIN2O3S. The molecule has 0 radical (unpaired) electrons. The Balaban J connectivity index is 1.59. The van der Waals surface area contributed by atoms with Gasteiger partial charge in [0.1, 0.15) is 5.75 Å². The molecule has 0 bridgehead atoms. The fraction of sp³-hybridized carbons (Fsp3) is 0.667. The summed E-state index contributed by atoms with van der Waals surface area (Å²) in [7, 11) is -3.51. The molecule has 2 saturated heterocycles. The van der Waals surface area contributed by atoms with Gasteiger partial charge in [0.15, 0.2) is 0 Å². The first kappa shape index (κ1) is 20.3. The molecule has 1 aromatic rings. The molecule has 5 nitrogen and oxygen atoms in total. The highest BCUT2D eigenvalue weighted by atomic mass is 127. The van der Waals surface area contributed by atoms with Crippen molar-refractivity contribution in [3.63, 3.8) is 0 Å². The van der Waals surface area contributed by atoms with E-state index in [1.165, 1.54) is 59.7 Å². The average molecular weight is 496 g/mol. The zero-order valence-electron chi connectivity index (χ0n) is 15.0. The normalized spacial score (nSPS) is 23.0. The summed E-state index contributed by atoms with van der Waals surface area (Å²) in [5.41, 5.74) is 0. The maximum atomic E-state index is 12.9. The molecule has 26 heavy (non-hydrogen) atoms. The van der Waals surface area contributed by atoms with Gasteiger partial charge in [-0.2, -0.15) is 8.70 Å². The molecule has 0 aromatic heterocycles. The molecule has 1 atom stereocenters. The zero-order chi connectivity index (χ0) is 18.7. The van der Waals surface area contributed by atoms with Crippen molar-refractivity contribution in [2.75, 3.05) is 26.2 Å². The Labute approximate surface area is 169 Å². The molecule has 0 saturated carbocycles. The van der Waals surface area contributed by atoms with Crippen LogP contribution in [0.2, 0.25) is 0 Å². The second kappa shape index (κ2) is 8.70. The van der Waals surface area contributed by atoms with Gasteiger partial charge >= 0.3 is 0 Å². The molecule has 1 aromatic carbocycles. The molecule has 2 fully saturated rings. The highest BCUT2D eigenvalue weighted by Crippen LogP contribution is 2.27. The monoisotopic (exact) mass is 496 g/mol. The lowest BCUT2D eigenvalue weighted by atomic mass is 9.95. The molecular weight excluding hydrogens is 470 g/mol. The predicted molar refractivity (Wildman–Crippen MR) is 108 cm³/mol. The number of benzene rings is 1. The molecule has 1 unspecified atom stereocenters. The molecule has 0 amide bonds. The number of halogens is 2. The van der Waals surface area contributed by atoms with Crippen LogP contribution in [0.3, 0.4) is 0 Å². The second-order valence-corrected chi connectivity index (χ2v) is 10.1. The van der Waals surface area contributed by atoms with Crippen LogP contribution in [0.4, 0.5) is 4.39 Å². The van der Waals surface area contributed by atoms with E-state index in [2.05, 4.69) is 11.8 Å². The van der Waals surface area contributed by atoms with E-state index in [1.54, 1.807) is 4.31 Å². The Morgan fingerprint density at radius 3 is 2.19 bits per heavy atom. The van der Waals surface area contributed by atoms with E-state index in [0.717, 1.165) is 31.8 Å². The number of nitrogens with zero attached hydrogens (tertiary/aromatic N) is 2. The van der Waals surface area contributed by atoms with Gasteiger partial charge in [0.2, 0.25) is 10.0 Å². The quantitative estimate of drug-likeness (QED) is 0.462. The van der Waals surface area contributed by atoms with Crippen LogP contribution in [-0.2, 0) is 10.0 Å². The van der Waals surface area contributed by atoms with Crippen molar-refractivity contribution in [2.45, 2.75) is 47.9 Å². The maximum absolute atomic E-state index is 12.9. The summed E-state index contributed by atoms with van der Waals surface area (Å²) >= 11 is 1.51. The van der Waals surface area contributed by atoms with Crippen molar-refractivity contribution in [3.8, 4) is 5.75 Å². The van der Waals surface area contributed by atoms with Crippen LogP contribution in [0.15, 0.2) is 29.2 Å². The van der Waals surface area contributed by atoms with E-state index in [1.807, 2.05) is 0 Å². The molecule has 2 aliphatic heterocycles. The van der Waals surface area contributed by atoms with Crippen molar-refractivity contribution in [2.24, 2.45) is 5.92 Å². The van der Waals surface area contributed by atoms with Crippen molar-refractivity contribution < 1.29 is 17.5 Å². The van der Waals surface area contributed by atoms with Crippen LogP contribution in [0.5, 0.6) is 5.75 Å². The number of hydrogen-bond donors (Lipinski definition) is 0. The number of hydrogen-bond acceptors (Lipinski definition) is 4. The first-order valence-electron chi connectivity index (χ1n) is 9.15. The molecule has 0 aliphatic carbocycles. The standard InChI is InChI=1S/C18H26FIN2O3S/c1-14-6-10-21(11-7-14)15-8-12-22(13-9-15)26(23,24)17-4-2-16(3-5-17)25-18(19)20/h2-5,14-15,18H,6-13H2,1H3. The lowest BCUT2D eigenvalue weighted by molar-refractivity contribution is 0.101. The summed E-state index contributed by atoms with van der Waals surface area (Å²) in [6.45, 7) is 5.67. The second-order valence-electron chi connectivity index (χ2n) is 7.20. The van der Waals surface area contributed by atoms with E-state index in [4.69, 9.17) is 4.74 Å². The fourth-order valence-corrected chi connectivity index (χ4v) is 5.55. The minimum Gasteiger partial charge on any atom is -0.452 e. The minimum atomic E-state index is -3.51. The van der Waals surface area contributed by atoms with Crippen molar-refractivity contribution in [1.82, 2.24) is 9.21 Å². The molecule has 0 N–H and O–H groups in total. The Hall–Kier alpha value is -0.450. The largest absolute Gasteiger partial charge is 0.452 e. The van der Waals surface area contributed by atoms with E-state index >= 15 is 0 Å². The predicted octanol–water partition coefficient (Wildman–Crippen LogP) is 3.64. The number of alkyl halides is 2. The average Bonchev–Trinajstić information content (AvgIpc) is 2.62. The summed E-state index contributed by atoms with van der Waals surface area (Å²) in [4.78, 5) is 2.77. The SMILES string of the molecule is CC1CCN(C2CCN(S(=O)(=O)c3ccc(OC(F)I)cc3)CC2)CC1. The Morgan fingerprint density at radius 2 is 1.65 bits per heavy atom. The van der Waals surface area contributed by atoms with Crippen LogP contribution >= 0.6 is 22.6 Å². The topological polar surface area (TPSA) is 49.9 Å². The van der Waals surface area contributed by atoms with Crippen LogP contribution in [0.25, 0.3) is 0 Å². The van der Waals surface area contributed by atoms with Crippen molar-refractivity contribution in [3.05, 3.63) is 24.3 Å². The first-order valence-corrected chi connectivity index (χ1v) is 11.8. The number of sulfonamides is 1. The van der Waals surface area contributed by atoms with E-state index in [-0.39, 0.29) is 4.90 Å². The number of ether oxygens (including phenoxy) is 1. The van der Waals surface area contributed by atoms with Gasteiger partial charge in [-0.25, -0.2) is 8.42 Å². The summed E-state index contributed by atoms with van der Waals surface area (Å²) in [6, 6.07) is 6.47. The van der Waals surface area contributed by atoms with Crippen LogP contribution < -0.4 is 4.74 Å². The number of rotatable bonds is 5. The molecule has 0 spiro atoms. The summed E-state index contributed by atoms with van der Waals surface area (Å²) in [5.74, 6) is 1.13. The summed E-state index contributed by atoms with van der Waals surface area (Å²) in [5, 5.41) is 0. The lowest BCUT2D eigenvalue weighted by Gasteiger charge is -2.41. The van der Waals surface area contributed by atoms with Gasteiger partial charge in [-0.05, 0) is 69.0 Å². The first-order chi connectivity index (χ1) is 12.4. The van der Waals surface area contributed by atoms with Crippen LogP contribution in [0.1, 0.15) is 32.6 Å². The molecule has 146 valence electrons. The number of piperidine rings is 2. The molecule has 8 heteroatoms. The van der Waals surface area contributed by atoms with Crippen molar-refractivity contribution in [1.29, 1.82) is 0 Å². The third-order valence-corrected chi connectivity index (χ3v) is 7.61. The van der Waals surface area contributed by atoms with Gasteiger partial charge < -0.3 is 9.64 Å². The summed E-state index contributed by atoms with van der Waals surface area (Å²) in [6.07, 6.45) is 4.24. The molecule has 3 rings (SSSR count). The van der Waals surface area contributed by atoms with E-state index in [0.29, 0.717) is 24.9 Å². The fourth-order valence-electron chi connectivity index (χ4n) is 3.78. The van der Waals surface area contributed by atoms with Crippen molar-refractivity contribution >= 4 is 32.6 Å². The minimum absolute atomic E-state index is 0.235. The highest BCUT2D eigenvalue weighted by molar-refractivity contribution is 14.1. The van der Waals surface area contributed by atoms with Crippen LogP contribution in [0, 0.1) is 5.92 Å². The van der Waals surface area contributed by atoms with Crippen LogP contribution in [-0.4, -0.2) is 54.2 Å². The van der Waals surface area contributed by atoms with E-state index < -0.39 is 14.4 Å². The smallest absolute Gasteiger partial charge is 0.288 e. The van der Waals surface area contributed by atoms with Gasteiger partial charge in [-0.3, -0.25) is 0 Å². The van der Waals surface area contributed by atoms with E-state index in [9.17, 15) is 12.8 Å². The lowest BCUT2D eigenvalue weighted by Crippen LogP contribution is -2.48. The van der Waals surface area contributed by atoms with Gasteiger partial charge in [0, 0.05) is 41.7 Å². The summed E-state index contributed by atoms with van der Waals surface area (Å²) < 4.78 is 43.6. The van der Waals surface area contributed by atoms with Gasteiger partial charge in [0.05, 0.1) is 4.90 Å². The Bertz CT molecular complexity index is 683. The van der Waals surface area contributed by atoms with Gasteiger partial charge in [0.25, 0.3) is 4.36 Å². The zero-order valence-corrected chi connectivity index (χ0v) is 18.0. The third-order valence-electron chi connectivity index (χ3n) is 5.44. The third kappa shape index (κ3) is 4.88. The highest BCUT2D eigenvalue weighted by Gasteiger charge is 2.32. The Morgan fingerprint density at radius 1 is 1.08 bits per heavy atom. The van der Waals surface area contributed by atoms with Gasteiger partial charge in [-0.1, -0.05) is 6.92 Å².